The number of likely N-dealkylation sites (tertiary alicyclic amines) is 1. The Hall–Kier alpha value is -1.81. The van der Waals surface area contributed by atoms with Gasteiger partial charge >= 0.3 is 0 Å². The first-order chi connectivity index (χ1) is 9.31. The molecular weight excluding hydrogens is 238 g/mol. The molecule has 0 spiro atoms. The lowest BCUT2D eigenvalue weighted by atomic mass is 10.1. The van der Waals surface area contributed by atoms with Crippen molar-refractivity contribution < 1.29 is 4.74 Å². The van der Waals surface area contributed by atoms with E-state index in [1.807, 2.05) is 41.2 Å². The Morgan fingerprint density at radius 2 is 1.89 bits per heavy atom. The molecule has 3 rings (SSSR count). The average Bonchev–Trinajstić information content (AvgIpc) is 2.91. The summed E-state index contributed by atoms with van der Waals surface area (Å²) >= 11 is 0. The summed E-state index contributed by atoms with van der Waals surface area (Å²) in [7, 11) is 2.16. The number of piperidine rings is 1. The lowest BCUT2D eigenvalue weighted by Crippen LogP contribution is -2.35. The molecule has 1 fully saturated rings. The molecule has 1 aromatic heterocycles. The molecule has 0 N–H and O–H groups in total. The van der Waals surface area contributed by atoms with Gasteiger partial charge in [-0.15, -0.1) is 0 Å². The van der Waals surface area contributed by atoms with Gasteiger partial charge in [0.25, 0.3) is 0 Å². The molecule has 2 aromatic rings. The Balaban J connectivity index is 1.65. The Kier molecular flexibility index (Phi) is 3.51. The fourth-order valence-corrected chi connectivity index (χ4v) is 2.38. The largest absolute Gasteiger partial charge is 0.487 e. The zero-order chi connectivity index (χ0) is 13.1. The smallest absolute Gasteiger partial charge is 0.158 e. The van der Waals surface area contributed by atoms with Crippen LogP contribution in [0.1, 0.15) is 12.8 Å². The highest BCUT2D eigenvalue weighted by Crippen LogP contribution is 2.19. The van der Waals surface area contributed by atoms with Crippen LogP contribution in [0.3, 0.4) is 0 Å². The predicted molar refractivity (Wildman–Crippen MR) is 74.7 cm³/mol. The standard InChI is InChI=1S/C15H19N3O/c1-17-9-7-14(8-10-17)19-15-11-16-18(12-15)13-5-3-2-4-6-13/h2-6,11-12,14H,7-10H2,1H3. The highest BCUT2D eigenvalue weighted by molar-refractivity contribution is 5.32. The van der Waals surface area contributed by atoms with E-state index in [0.29, 0.717) is 6.10 Å². The van der Waals surface area contributed by atoms with Crippen molar-refractivity contribution in [1.82, 2.24) is 14.7 Å². The molecule has 0 amide bonds. The van der Waals surface area contributed by atoms with E-state index in [1.165, 1.54) is 0 Å². The Morgan fingerprint density at radius 1 is 1.16 bits per heavy atom. The van der Waals surface area contributed by atoms with E-state index in [2.05, 4.69) is 17.0 Å². The van der Waals surface area contributed by atoms with Crippen LogP contribution in [-0.2, 0) is 0 Å². The van der Waals surface area contributed by atoms with Crippen LogP contribution < -0.4 is 4.74 Å². The maximum atomic E-state index is 6.00. The summed E-state index contributed by atoms with van der Waals surface area (Å²) < 4.78 is 7.85. The second-order valence-corrected chi connectivity index (χ2v) is 5.08. The number of nitrogens with zero attached hydrogens (tertiary/aromatic N) is 3. The highest BCUT2D eigenvalue weighted by Gasteiger charge is 2.18. The molecular formula is C15H19N3O. The third kappa shape index (κ3) is 2.96. The number of rotatable bonds is 3. The van der Waals surface area contributed by atoms with E-state index in [1.54, 1.807) is 6.20 Å². The van der Waals surface area contributed by atoms with Gasteiger partial charge in [0, 0.05) is 13.1 Å². The van der Waals surface area contributed by atoms with E-state index < -0.39 is 0 Å². The third-order valence-electron chi connectivity index (χ3n) is 3.55. The molecule has 0 radical (unpaired) electrons. The summed E-state index contributed by atoms with van der Waals surface area (Å²) in [6.07, 6.45) is 6.25. The topological polar surface area (TPSA) is 30.3 Å². The molecule has 1 aliphatic rings. The van der Waals surface area contributed by atoms with Gasteiger partial charge in [0.15, 0.2) is 5.75 Å². The molecule has 0 saturated carbocycles. The summed E-state index contributed by atoms with van der Waals surface area (Å²) in [5.41, 5.74) is 1.06. The molecule has 1 aliphatic heterocycles. The average molecular weight is 257 g/mol. The molecule has 0 unspecified atom stereocenters. The monoisotopic (exact) mass is 257 g/mol. The fraction of sp³-hybridized carbons (Fsp3) is 0.400. The van der Waals surface area contributed by atoms with Crippen molar-refractivity contribution in [3.05, 3.63) is 42.7 Å². The summed E-state index contributed by atoms with van der Waals surface area (Å²) in [6.45, 7) is 2.22. The Labute approximate surface area is 113 Å². The Bertz CT molecular complexity index is 515. The first kappa shape index (κ1) is 12.2. The van der Waals surface area contributed by atoms with Crippen molar-refractivity contribution in [2.24, 2.45) is 0 Å². The minimum absolute atomic E-state index is 0.324. The summed E-state index contributed by atoms with van der Waals surface area (Å²) in [4.78, 5) is 2.34. The Morgan fingerprint density at radius 3 is 2.63 bits per heavy atom. The van der Waals surface area contributed by atoms with Crippen molar-refractivity contribution in [3.63, 3.8) is 0 Å². The lowest BCUT2D eigenvalue weighted by Gasteiger charge is -2.28. The van der Waals surface area contributed by atoms with Crippen LogP contribution in [-0.4, -0.2) is 40.9 Å². The summed E-state index contributed by atoms with van der Waals surface area (Å²) in [6, 6.07) is 10.1. The zero-order valence-electron chi connectivity index (χ0n) is 11.2. The minimum Gasteiger partial charge on any atom is -0.487 e. The summed E-state index contributed by atoms with van der Waals surface area (Å²) in [5.74, 6) is 0.860. The first-order valence-electron chi connectivity index (χ1n) is 6.76. The van der Waals surface area contributed by atoms with E-state index in [-0.39, 0.29) is 0 Å². The molecule has 100 valence electrons. The minimum atomic E-state index is 0.324. The quantitative estimate of drug-likeness (QED) is 0.845. The number of aromatic nitrogens is 2. The van der Waals surface area contributed by atoms with Crippen molar-refractivity contribution in [1.29, 1.82) is 0 Å². The molecule has 4 nitrogen and oxygen atoms in total. The number of hydrogen-bond donors (Lipinski definition) is 0. The van der Waals surface area contributed by atoms with Crippen LogP contribution >= 0.6 is 0 Å². The van der Waals surface area contributed by atoms with Crippen molar-refractivity contribution >= 4 is 0 Å². The molecule has 4 heteroatoms. The van der Waals surface area contributed by atoms with Gasteiger partial charge in [-0.25, -0.2) is 4.68 Å². The van der Waals surface area contributed by atoms with Crippen LogP contribution in [0.15, 0.2) is 42.7 Å². The number of para-hydroxylation sites is 1. The second-order valence-electron chi connectivity index (χ2n) is 5.08. The van der Waals surface area contributed by atoms with Crippen LogP contribution in [0.4, 0.5) is 0 Å². The maximum absolute atomic E-state index is 6.00. The number of benzene rings is 1. The van der Waals surface area contributed by atoms with Gasteiger partial charge in [0.1, 0.15) is 6.10 Å². The highest BCUT2D eigenvalue weighted by atomic mass is 16.5. The van der Waals surface area contributed by atoms with Crippen molar-refractivity contribution in [2.75, 3.05) is 20.1 Å². The molecule has 0 aliphatic carbocycles. The van der Waals surface area contributed by atoms with Crippen LogP contribution in [0.2, 0.25) is 0 Å². The van der Waals surface area contributed by atoms with Crippen molar-refractivity contribution in [3.8, 4) is 11.4 Å². The first-order valence-corrected chi connectivity index (χ1v) is 6.76. The van der Waals surface area contributed by atoms with E-state index in [9.17, 15) is 0 Å². The number of hydrogen-bond acceptors (Lipinski definition) is 3. The van der Waals surface area contributed by atoms with Crippen LogP contribution in [0.25, 0.3) is 5.69 Å². The van der Waals surface area contributed by atoms with E-state index in [0.717, 1.165) is 37.4 Å². The van der Waals surface area contributed by atoms with Gasteiger partial charge in [-0.1, -0.05) is 18.2 Å². The van der Waals surface area contributed by atoms with Gasteiger partial charge in [-0.2, -0.15) is 5.10 Å². The zero-order valence-corrected chi connectivity index (χ0v) is 11.2. The van der Waals surface area contributed by atoms with Gasteiger partial charge in [0.2, 0.25) is 0 Å². The molecule has 0 bridgehead atoms. The van der Waals surface area contributed by atoms with Crippen LogP contribution in [0.5, 0.6) is 5.75 Å². The molecule has 1 aromatic carbocycles. The van der Waals surface area contributed by atoms with Gasteiger partial charge < -0.3 is 9.64 Å². The lowest BCUT2D eigenvalue weighted by molar-refractivity contribution is 0.114. The van der Waals surface area contributed by atoms with Gasteiger partial charge in [-0.05, 0) is 32.0 Å². The molecule has 2 heterocycles. The SMILES string of the molecule is CN1CCC(Oc2cnn(-c3ccccc3)c2)CC1. The normalized spacial score (nSPS) is 17.5. The van der Waals surface area contributed by atoms with Crippen molar-refractivity contribution in [2.45, 2.75) is 18.9 Å². The van der Waals surface area contributed by atoms with E-state index in [4.69, 9.17) is 4.74 Å². The van der Waals surface area contributed by atoms with Gasteiger partial charge in [0.05, 0.1) is 18.1 Å². The maximum Gasteiger partial charge on any atom is 0.158 e. The molecule has 0 atom stereocenters. The summed E-state index contributed by atoms with van der Waals surface area (Å²) in [5, 5.41) is 4.35. The van der Waals surface area contributed by atoms with Gasteiger partial charge in [-0.3, -0.25) is 0 Å². The third-order valence-corrected chi connectivity index (χ3v) is 3.55. The van der Waals surface area contributed by atoms with Crippen LogP contribution in [0, 0.1) is 0 Å². The second kappa shape index (κ2) is 5.45. The van der Waals surface area contributed by atoms with E-state index >= 15 is 0 Å². The predicted octanol–water partition coefficient (Wildman–Crippen LogP) is 2.35. The molecule has 1 saturated heterocycles. The molecule has 19 heavy (non-hydrogen) atoms. The number of ether oxygens (including phenoxy) is 1. The fourth-order valence-electron chi connectivity index (χ4n) is 2.38.